The van der Waals surface area contributed by atoms with Crippen LogP contribution in [0.4, 0.5) is 0 Å². The fraction of sp³-hybridized carbons (Fsp3) is 0.471. The molecule has 1 saturated carbocycles. The van der Waals surface area contributed by atoms with Gasteiger partial charge in [0.2, 0.25) is 5.91 Å². The van der Waals surface area contributed by atoms with Crippen molar-refractivity contribution >= 4 is 17.8 Å². The second kappa shape index (κ2) is 7.76. The number of nitrogens with one attached hydrogen (secondary N) is 2. The monoisotopic (exact) mass is 318 g/mol. The largest absolute Gasteiger partial charge is 0.481 e. The van der Waals surface area contributed by atoms with Gasteiger partial charge in [0.25, 0.3) is 5.91 Å². The van der Waals surface area contributed by atoms with Crippen molar-refractivity contribution in [3.05, 3.63) is 35.9 Å². The quantitative estimate of drug-likeness (QED) is 0.636. The molecule has 1 aliphatic carbocycles. The minimum atomic E-state index is -0.889. The van der Waals surface area contributed by atoms with Crippen molar-refractivity contribution < 1.29 is 19.5 Å². The van der Waals surface area contributed by atoms with E-state index in [4.69, 9.17) is 5.11 Å². The molecule has 0 radical (unpaired) electrons. The summed E-state index contributed by atoms with van der Waals surface area (Å²) in [7, 11) is 0. The predicted molar refractivity (Wildman–Crippen MR) is 85.0 cm³/mol. The molecular weight excluding hydrogens is 296 g/mol. The van der Waals surface area contributed by atoms with Crippen LogP contribution in [0.15, 0.2) is 30.3 Å². The number of amides is 2. The third-order valence-corrected chi connectivity index (χ3v) is 4.11. The van der Waals surface area contributed by atoms with Crippen LogP contribution >= 0.6 is 0 Å². The SMILES string of the molecule is O=C(O)CC1(NC(=O)CCCNC(=O)c2ccccc2)CCC1. The Balaban J connectivity index is 1.67. The molecular formula is C17H22N2O4. The molecule has 6 heteroatoms. The Labute approximate surface area is 135 Å². The molecule has 1 fully saturated rings. The number of carbonyl (C=O) groups excluding carboxylic acids is 2. The number of carbonyl (C=O) groups is 3. The van der Waals surface area contributed by atoms with E-state index in [0.29, 0.717) is 18.5 Å². The van der Waals surface area contributed by atoms with E-state index in [2.05, 4.69) is 10.6 Å². The minimum Gasteiger partial charge on any atom is -0.481 e. The number of hydrogen-bond donors (Lipinski definition) is 3. The summed E-state index contributed by atoms with van der Waals surface area (Å²) in [4.78, 5) is 34.6. The van der Waals surface area contributed by atoms with E-state index in [1.165, 1.54) is 0 Å². The first kappa shape index (κ1) is 17.0. The highest BCUT2D eigenvalue weighted by Crippen LogP contribution is 2.34. The first-order valence-electron chi connectivity index (χ1n) is 7.87. The van der Waals surface area contributed by atoms with Crippen molar-refractivity contribution in [1.82, 2.24) is 10.6 Å². The molecule has 1 aromatic carbocycles. The maximum atomic E-state index is 11.9. The molecule has 2 rings (SSSR count). The molecule has 23 heavy (non-hydrogen) atoms. The summed E-state index contributed by atoms with van der Waals surface area (Å²) >= 11 is 0. The third kappa shape index (κ3) is 5.09. The molecule has 0 aromatic heterocycles. The smallest absolute Gasteiger partial charge is 0.305 e. The van der Waals surface area contributed by atoms with E-state index >= 15 is 0 Å². The highest BCUT2D eigenvalue weighted by molar-refractivity contribution is 5.94. The van der Waals surface area contributed by atoms with Gasteiger partial charge in [0.15, 0.2) is 0 Å². The molecule has 124 valence electrons. The van der Waals surface area contributed by atoms with Crippen LogP contribution in [-0.4, -0.2) is 35.0 Å². The van der Waals surface area contributed by atoms with Crippen molar-refractivity contribution in [2.24, 2.45) is 0 Å². The Morgan fingerprint density at radius 2 is 1.83 bits per heavy atom. The maximum Gasteiger partial charge on any atom is 0.305 e. The lowest BCUT2D eigenvalue weighted by Gasteiger charge is -2.41. The summed E-state index contributed by atoms with van der Waals surface area (Å²) in [5, 5.41) is 14.5. The molecule has 0 unspecified atom stereocenters. The summed E-state index contributed by atoms with van der Waals surface area (Å²) in [5.74, 6) is -1.20. The van der Waals surface area contributed by atoms with E-state index in [1.54, 1.807) is 24.3 Å². The van der Waals surface area contributed by atoms with E-state index in [-0.39, 0.29) is 24.7 Å². The van der Waals surface area contributed by atoms with Crippen molar-refractivity contribution in [3.63, 3.8) is 0 Å². The predicted octanol–water partition coefficient (Wildman–Crippen LogP) is 1.71. The topological polar surface area (TPSA) is 95.5 Å². The number of carboxylic acids is 1. The molecule has 0 heterocycles. The molecule has 0 spiro atoms. The maximum absolute atomic E-state index is 11.9. The zero-order valence-corrected chi connectivity index (χ0v) is 13.0. The minimum absolute atomic E-state index is 0.0243. The van der Waals surface area contributed by atoms with Gasteiger partial charge < -0.3 is 15.7 Å². The molecule has 1 aliphatic rings. The van der Waals surface area contributed by atoms with Gasteiger partial charge in [-0.1, -0.05) is 18.2 Å². The summed E-state index contributed by atoms with van der Waals surface area (Å²) in [6, 6.07) is 8.89. The first-order chi connectivity index (χ1) is 11.0. The highest BCUT2D eigenvalue weighted by Gasteiger charge is 2.40. The van der Waals surface area contributed by atoms with Crippen molar-refractivity contribution in [2.75, 3.05) is 6.54 Å². The summed E-state index contributed by atoms with van der Waals surface area (Å²) in [6.07, 6.45) is 3.15. The Morgan fingerprint density at radius 3 is 2.39 bits per heavy atom. The summed E-state index contributed by atoms with van der Waals surface area (Å²) in [5.41, 5.74) is 0.0303. The number of aliphatic carboxylic acids is 1. The van der Waals surface area contributed by atoms with Crippen LogP contribution in [0.25, 0.3) is 0 Å². The van der Waals surface area contributed by atoms with Gasteiger partial charge in [0.1, 0.15) is 0 Å². The molecule has 0 bridgehead atoms. The van der Waals surface area contributed by atoms with E-state index in [1.807, 2.05) is 6.07 Å². The highest BCUT2D eigenvalue weighted by atomic mass is 16.4. The van der Waals surface area contributed by atoms with Crippen LogP contribution in [0.1, 0.15) is 48.9 Å². The Morgan fingerprint density at radius 1 is 1.13 bits per heavy atom. The molecule has 3 N–H and O–H groups in total. The zero-order chi connectivity index (χ0) is 16.7. The lowest BCUT2D eigenvalue weighted by Crippen LogP contribution is -2.54. The van der Waals surface area contributed by atoms with Crippen LogP contribution in [0, 0.1) is 0 Å². The molecule has 0 aliphatic heterocycles. The van der Waals surface area contributed by atoms with Gasteiger partial charge in [-0.3, -0.25) is 14.4 Å². The fourth-order valence-corrected chi connectivity index (χ4v) is 2.74. The van der Waals surface area contributed by atoms with Crippen LogP contribution in [0.5, 0.6) is 0 Å². The van der Waals surface area contributed by atoms with Crippen molar-refractivity contribution in [2.45, 2.75) is 44.1 Å². The lowest BCUT2D eigenvalue weighted by molar-refractivity contribution is -0.140. The molecule has 6 nitrogen and oxygen atoms in total. The van der Waals surface area contributed by atoms with Crippen LogP contribution in [-0.2, 0) is 9.59 Å². The van der Waals surface area contributed by atoms with Gasteiger partial charge in [0, 0.05) is 18.5 Å². The van der Waals surface area contributed by atoms with Crippen LogP contribution in [0.3, 0.4) is 0 Å². The Bertz CT molecular complexity index is 567. The van der Waals surface area contributed by atoms with E-state index in [9.17, 15) is 14.4 Å². The van der Waals surface area contributed by atoms with Gasteiger partial charge in [-0.2, -0.15) is 0 Å². The van der Waals surface area contributed by atoms with E-state index < -0.39 is 11.5 Å². The van der Waals surface area contributed by atoms with Gasteiger partial charge in [-0.25, -0.2) is 0 Å². The summed E-state index contributed by atoms with van der Waals surface area (Å²) in [6.45, 7) is 0.410. The van der Waals surface area contributed by atoms with Gasteiger partial charge >= 0.3 is 5.97 Å². The average Bonchev–Trinajstić information content (AvgIpc) is 2.49. The molecule has 0 saturated heterocycles. The van der Waals surface area contributed by atoms with Gasteiger partial charge in [0.05, 0.1) is 12.0 Å². The number of carboxylic acid groups (broad SMARTS) is 1. The second-order valence-electron chi connectivity index (χ2n) is 5.98. The summed E-state index contributed by atoms with van der Waals surface area (Å²) < 4.78 is 0. The van der Waals surface area contributed by atoms with Crippen molar-refractivity contribution in [1.29, 1.82) is 0 Å². The number of hydrogen-bond acceptors (Lipinski definition) is 3. The Kier molecular flexibility index (Phi) is 5.73. The number of rotatable bonds is 8. The Hall–Kier alpha value is -2.37. The fourth-order valence-electron chi connectivity index (χ4n) is 2.74. The molecule has 0 atom stereocenters. The van der Waals surface area contributed by atoms with Crippen LogP contribution < -0.4 is 10.6 Å². The molecule has 2 amide bonds. The van der Waals surface area contributed by atoms with E-state index in [0.717, 1.165) is 19.3 Å². The van der Waals surface area contributed by atoms with Gasteiger partial charge in [-0.05, 0) is 37.8 Å². The average molecular weight is 318 g/mol. The normalized spacial score (nSPS) is 15.3. The standard InChI is InChI=1S/C17H22N2O4/c20-14(19-17(9-5-10-17)12-15(21)22)8-4-11-18-16(23)13-6-2-1-3-7-13/h1-3,6-7H,4-5,8-12H2,(H,18,23)(H,19,20)(H,21,22). The number of benzene rings is 1. The first-order valence-corrected chi connectivity index (χ1v) is 7.87. The molecule has 1 aromatic rings. The van der Waals surface area contributed by atoms with Crippen LogP contribution in [0.2, 0.25) is 0 Å². The lowest BCUT2D eigenvalue weighted by atomic mass is 9.74. The van der Waals surface area contributed by atoms with Crippen molar-refractivity contribution in [3.8, 4) is 0 Å². The van der Waals surface area contributed by atoms with Gasteiger partial charge in [-0.15, -0.1) is 0 Å². The zero-order valence-electron chi connectivity index (χ0n) is 13.0. The third-order valence-electron chi connectivity index (χ3n) is 4.11. The second-order valence-corrected chi connectivity index (χ2v) is 5.98.